The van der Waals surface area contributed by atoms with Crippen LogP contribution in [-0.4, -0.2) is 91.9 Å². The molecule has 0 bridgehead atoms. The number of piperazine rings is 2. The Morgan fingerprint density at radius 3 is 1.45 bits per heavy atom. The summed E-state index contributed by atoms with van der Waals surface area (Å²) >= 11 is 0. The van der Waals surface area contributed by atoms with Crippen molar-refractivity contribution < 1.29 is 35.1 Å². The maximum Gasteiger partial charge on any atom is 0.416 e. The lowest BCUT2D eigenvalue weighted by Gasteiger charge is -2.36. The lowest BCUT2D eigenvalue weighted by atomic mass is 10.2. The van der Waals surface area contributed by atoms with Crippen LogP contribution in [0, 0.1) is 11.6 Å². The number of hydrogen-bond donors (Lipinski definition) is 2. The van der Waals surface area contributed by atoms with Crippen LogP contribution in [0.2, 0.25) is 0 Å². The van der Waals surface area contributed by atoms with Crippen molar-refractivity contribution >= 4 is 46.5 Å². The molecule has 2 aliphatic rings. The van der Waals surface area contributed by atoms with Crippen molar-refractivity contribution in [2.75, 3.05) is 82.6 Å². The fourth-order valence-corrected chi connectivity index (χ4v) is 6.59. The minimum atomic E-state index is -4.57. The highest BCUT2D eigenvalue weighted by molar-refractivity contribution is 5.59. The van der Waals surface area contributed by atoms with Crippen LogP contribution in [0.5, 0.6) is 0 Å². The minimum Gasteiger partial charge on any atom is -0.368 e. The summed E-state index contributed by atoms with van der Waals surface area (Å²) < 4.78 is 108. The molecule has 0 saturated carbocycles. The first kappa shape index (κ1) is 41.4. The Balaban J connectivity index is 0.000000181. The maximum atomic E-state index is 14.0. The van der Waals surface area contributed by atoms with E-state index >= 15 is 0 Å². The van der Waals surface area contributed by atoms with Gasteiger partial charge in [0.15, 0.2) is 0 Å². The molecular formula is C38H38F8N14. The first-order chi connectivity index (χ1) is 28.6. The van der Waals surface area contributed by atoms with Gasteiger partial charge in [-0.15, -0.1) is 10.2 Å². The first-order valence-corrected chi connectivity index (χ1v) is 18.5. The molecule has 2 aromatic carbocycles. The zero-order valence-electron chi connectivity index (χ0n) is 32.1. The van der Waals surface area contributed by atoms with Gasteiger partial charge in [0.1, 0.15) is 11.6 Å². The highest BCUT2D eigenvalue weighted by atomic mass is 19.4. The average molecular weight is 843 g/mol. The Morgan fingerprint density at radius 1 is 0.517 bits per heavy atom. The van der Waals surface area contributed by atoms with E-state index in [0.717, 1.165) is 55.8 Å². The fraction of sp³-hybridized carbons (Fsp3) is 0.316. The van der Waals surface area contributed by atoms with E-state index in [1.54, 1.807) is 38.9 Å². The van der Waals surface area contributed by atoms with Gasteiger partial charge in [0.25, 0.3) is 0 Å². The third kappa shape index (κ3) is 9.75. The van der Waals surface area contributed by atoms with Gasteiger partial charge in [-0.3, -0.25) is 9.97 Å². The highest BCUT2D eigenvalue weighted by Gasteiger charge is 2.33. The zero-order chi connectivity index (χ0) is 42.6. The molecule has 4 aromatic heterocycles. The van der Waals surface area contributed by atoms with E-state index < -0.39 is 35.1 Å². The van der Waals surface area contributed by atoms with Crippen LogP contribution in [0.3, 0.4) is 0 Å². The number of benzene rings is 2. The Labute approximate surface area is 338 Å². The number of alkyl halides is 6. The van der Waals surface area contributed by atoms with Crippen molar-refractivity contribution in [3.63, 3.8) is 0 Å². The van der Waals surface area contributed by atoms with Crippen LogP contribution in [-0.2, 0) is 26.4 Å². The topological polar surface area (TPSA) is 124 Å². The van der Waals surface area contributed by atoms with E-state index in [2.05, 4.69) is 50.6 Å². The molecular weight excluding hydrogens is 804 g/mol. The second-order valence-electron chi connectivity index (χ2n) is 13.7. The number of pyridine rings is 2. The van der Waals surface area contributed by atoms with E-state index in [1.807, 2.05) is 34.1 Å². The van der Waals surface area contributed by atoms with Crippen LogP contribution in [0.4, 0.5) is 81.7 Å². The lowest BCUT2D eigenvalue weighted by molar-refractivity contribution is -0.138. The lowest BCUT2D eigenvalue weighted by Crippen LogP contribution is -2.47. The summed E-state index contributed by atoms with van der Waals surface area (Å²) in [6.45, 7) is 5.76. The number of hydrogen-bond acceptors (Lipinski definition) is 12. The molecule has 0 unspecified atom stereocenters. The maximum absolute atomic E-state index is 14.0. The summed E-state index contributed by atoms with van der Waals surface area (Å²) in [6, 6.07) is 12.2. The first-order valence-electron chi connectivity index (χ1n) is 18.5. The predicted molar refractivity (Wildman–Crippen MR) is 209 cm³/mol. The summed E-state index contributed by atoms with van der Waals surface area (Å²) in [5, 5.41) is 13.7. The summed E-state index contributed by atoms with van der Waals surface area (Å²) in [7, 11) is 3.28. The smallest absolute Gasteiger partial charge is 0.368 e. The van der Waals surface area contributed by atoms with Gasteiger partial charge in [-0.05, 0) is 60.7 Å². The standard InChI is InChI=1S/2C19H19F4N7/c1-28-17(25-16-12-13(19(21,22)23)2-3-15(16)20)26-18(27-28)30-10-8-29(9-11-30)14-4-6-24-7-5-14;1-28-18(30-10-8-29(9-11-30)14-4-6-24-7-5-14)26-17(27-28)25-16-12-13(19(21,22)23)2-3-15(16)20/h2-7,12H,8-11H2,1H3,(H,25,26,27);2-7,12H,8-11H2,1H3,(H,25,27). The molecule has 0 radical (unpaired) electrons. The minimum absolute atomic E-state index is 0.0299. The van der Waals surface area contributed by atoms with Crippen LogP contribution < -0.4 is 30.2 Å². The van der Waals surface area contributed by atoms with Crippen LogP contribution in [0.1, 0.15) is 11.1 Å². The highest BCUT2D eigenvalue weighted by Crippen LogP contribution is 2.34. The molecule has 0 atom stereocenters. The number of halogens is 8. The van der Waals surface area contributed by atoms with Gasteiger partial charge in [0.05, 0.1) is 22.5 Å². The average Bonchev–Trinajstić information content (AvgIpc) is 3.80. The van der Waals surface area contributed by atoms with Crippen LogP contribution in [0.15, 0.2) is 85.5 Å². The van der Waals surface area contributed by atoms with Gasteiger partial charge >= 0.3 is 12.4 Å². The van der Waals surface area contributed by atoms with Gasteiger partial charge in [0.2, 0.25) is 23.8 Å². The second-order valence-corrected chi connectivity index (χ2v) is 13.7. The Hall–Kier alpha value is -6.74. The quantitative estimate of drug-likeness (QED) is 0.156. The van der Waals surface area contributed by atoms with Gasteiger partial charge in [-0.1, -0.05) is 0 Å². The van der Waals surface area contributed by atoms with Crippen molar-refractivity contribution in [1.29, 1.82) is 0 Å². The predicted octanol–water partition coefficient (Wildman–Crippen LogP) is 6.88. The van der Waals surface area contributed by atoms with Gasteiger partial charge in [-0.25, -0.2) is 18.1 Å². The van der Waals surface area contributed by atoms with Crippen LogP contribution in [0.25, 0.3) is 0 Å². The molecule has 8 rings (SSSR count). The fourth-order valence-electron chi connectivity index (χ4n) is 6.59. The SMILES string of the molecule is Cn1nc(N2CCN(c3ccncc3)CC2)nc1Nc1cc(C(F)(F)F)ccc1F.Cn1nc(Nc2cc(C(F)(F)F)ccc2F)nc1N1CCN(c2ccncc2)CC1. The number of nitrogens with zero attached hydrogens (tertiary/aromatic N) is 12. The molecule has 0 aliphatic carbocycles. The monoisotopic (exact) mass is 842 g/mol. The Morgan fingerprint density at radius 2 is 0.967 bits per heavy atom. The third-order valence-corrected chi connectivity index (χ3v) is 9.75. The second kappa shape index (κ2) is 17.2. The summed E-state index contributed by atoms with van der Waals surface area (Å²) in [5.41, 5.74) is -0.360. The Bertz CT molecular complexity index is 2350. The zero-order valence-corrected chi connectivity index (χ0v) is 32.1. The summed E-state index contributed by atoms with van der Waals surface area (Å²) in [4.78, 5) is 25.2. The van der Waals surface area contributed by atoms with Gasteiger partial charge < -0.3 is 30.2 Å². The summed E-state index contributed by atoms with van der Waals surface area (Å²) in [5.74, 6) is -0.454. The van der Waals surface area contributed by atoms with Crippen molar-refractivity contribution in [3.05, 3.63) is 108 Å². The number of anilines is 8. The summed E-state index contributed by atoms with van der Waals surface area (Å²) in [6.07, 6.45) is -2.16. The van der Waals surface area contributed by atoms with Crippen molar-refractivity contribution in [1.82, 2.24) is 39.5 Å². The third-order valence-electron chi connectivity index (χ3n) is 9.75. The number of rotatable bonds is 8. The van der Waals surface area contributed by atoms with E-state index in [1.165, 1.54) is 9.36 Å². The molecule has 22 heteroatoms. The number of aromatic nitrogens is 8. The van der Waals surface area contributed by atoms with E-state index in [4.69, 9.17) is 0 Å². The molecule has 0 amide bonds. The molecule has 6 heterocycles. The Kier molecular flexibility index (Phi) is 11.9. The largest absolute Gasteiger partial charge is 0.416 e. The van der Waals surface area contributed by atoms with Gasteiger partial charge in [0, 0.05) is 103 Å². The molecule has 316 valence electrons. The van der Waals surface area contributed by atoms with E-state index in [9.17, 15) is 35.1 Å². The van der Waals surface area contributed by atoms with Crippen LogP contribution >= 0.6 is 0 Å². The number of nitrogens with one attached hydrogen (secondary N) is 2. The van der Waals surface area contributed by atoms with Crippen molar-refractivity contribution in [2.24, 2.45) is 14.1 Å². The molecule has 2 N–H and O–H groups in total. The normalized spacial score (nSPS) is 14.8. The molecule has 0 spiro atoms. The van der Waals surface area contributed by atoms with Crippen molar-refractivity contribution in [3.8, 4) is 0 Å². The molecule has 2 saturated heterocycles. The molecule has 2 fully saturated rings. The van der Waals surface area contributed by atoms with E-state index in [0.29, 0.717) is 56.3 Å². The van der Waals surface area contributed by atoms with Gasteiger partial charge in [-0.2, -0.15) is 36.3 Å². The number of aryl methyl sites for hydroxylation is 2. The van der Waals surface area contributed by atoms with Crippen molar-refractivity contribution in [2.45, 2.75) is 12.4 Å². The van der Waals surface area contributed by atoms with E-state index in [-0.39, 0.29) is 23.3 Å². The molecule has 14 nitrogen and oxygen atoms in total. The molecule has 2 aliphatic heterocycles. The molecule has 60 heavy (non-hydrogen) atoms. The molecule has 6 aromatic rings.